The van der Waals surface area contributed by atoms with Gasteiger partial charge in [0.05, 0.1) is 18.8 Å². The summed E-state index contributed by atoms with van der Waals surface area (Å²) in [6.07, 6.45) is 0.301. The van der Waals surface area contributed by atoms with E-state index in [-0.39, 0.29) is 6.42 Å². The Kier molecular flexibility index (Phi) is 6.25. The number of nitrogens with zero attached hydrogens (tertiary/aromatic N) is 1. The van der Waals surface area contributed by atoms with Crippen LogP contribution in [0.25, 0.3) is 0 Å². The molecule has 140 valence electrons. The van der Waals surface area contributed by atoms with E-state index in [1.165, 1.54) is 0 Å². The van der Waals surface area contributed by atoms with Gasteiger partial charge in [-0.3, -0.25) is 19.1 Å². The number of nitrogens with two attached hydrogens (primary N) is 2. The number of carbonyl (C=O) groups is 1. The molecule has 0 amide bonds. The molecular weight excluding hydrogens is 332 g/mol. The lowest BCUT2D eigenvalue weighted by Crippen LogP contribution is -2.55. The monoisotopic (exact) mass is 356 g/mol. The molecule has 1 aliphatic rings. The van der Waals surface area contributed by atoms with Gasteiger partial charge in [-0.25, -0.2) is 4.79 Å². The molecule has 0 saturated carbocycles. The number of carbonyl (C=O) groups excluding carboxylic acids is 1. The second kappa shape index (κ2) is 8.02. The maximum atomic E-state index is 13.0. The number of ketones is 1. The van der Waals surface area contributed by atoms with Gasteiger partial charge in [-0.2, -0.15) is 0 Å². The molecule has 2 heterocycles. The zero-order valence-corrected chi connectivity index (χ0v) is 13.8. The normalized spacial score (nSPS) is 27.4. The third-order valence-corrected chi connectivity index (χ3v) is 4.35. The summed E-state index contributed by atoms with van der Waals surface area (Å²) in [7, 11) is 0. The zero-order chi connectivity index (χ0) is 18.6. The molecule has 1 saturated heterocycles. The Balaban J connectivity index is 2.42. The average Bonchev–Trinajstić information content (AvgIpc) is 2.91. The van der Waals surface area contributed by atoms with Crippen LogP contribution in [-0.4, -0.2) is 56.9 Å². The van der Waals surface area contributed by atoms with E-state index < -0.39 is 47.6 Å². The van der Waals surface area contributed by atoms with Crippen LogP contribution < -0.4 is 22.7 Å². The molecule has 0 bridgehead atoms. The van der Waals surface area contributed by atoms with E-state index >= 15 is 0 Å². The number of aliphatic hydroxyl groups excluding tert-OH is 2. The number of H-pyrrole nitrogens is 1. The van der Waals surface area contributed by atoms with Crippen LogP contribution in [0.2, 0.25) is 0 Å². The lowest BCUT2D eigenvalue weighted by atomic mass is 9.94. The maximum Gasteiger partial charge on any atom is 0.331 e. The number of rotatable bonds is 8. The summed E-state index contributed by atoms with van der Waals surface area (Å²) >= 11 is 0. The number of unbranched alkanes of at least 4 members (excludes halogenated alkanes) is 1. The highest BCUT2D eigenvalue weighted by Gasteiger charge is 2.54. The molecular formula is C15H24N4O6. The molecule has 25 heavy (non-hydrogen) atoms. The lowest BCUT2D eigenvalue weighted by Gasteiger charge is -2.31. The van der Waals surface area contributed by atoms with Crippen molar-refractivity contribution in [3.05, 3.63) is 33.1 Å². The standard InChI is InChI=1S/C15H24N4O6/c16-5-2-1-3-9(17)13(23)15(7-10(21)11(8-20)25-15)19-6-4-12(22)18-14(19)24/h4,6,9-11,20-21H,1-3,5,7-8,16-17H2,(H,18,22,24)/t9-,10-,11+,15-/m0/s1. The van der Waals surface area contributed by atoms with Crippen LogP contribution in [0.4, 0.5) is 0 Å². The van der Waals surface area contributed by atoms with E-state index in [4.69, 9.17) is 16.2 Å². The fraction of sp³-hybridized carbons (Fsp3) is 0.667. The van der Waals surface area contributed by atoms with Gasteiger partial charge < -0.3 is 26.4 Å². The predicted octanol–water partition coefficient (Wildman–Crippen LogP) is -2.64. The highest BCUT2D eigenvalue weighted by atomic mass is 16.6. The van der Waals surface area contributed by atoms with Crippen LogP contribution in [0.1, 0.15) is 25.7 Å². The third kappa shape index (κ3) is 3.88. The Morgan fingerprint density at radius 1 is 1.48 bits per heavy atom. The number of aromatic nitrogens is 2. The minimum atomic E-state index is -1.88. The molecule has 10 nitrogen and oxygen atoms in total. The first-order chi connectivity index (χ1) is 11.9. The van der Waals surface area contributed by atoms with Crippen molar-refractivity contribution >= 4 is 5.78 Å². The summed E-state index contributed by atoms with van der Waals surface area (Å²) < 4.78 is 6.51. The topological polar surface area (TPSA) is 174 Å². The first kappa shape index (κ1) is 19.5. The lowest BCUT2D eigenvalue weighted by molar-refractivity contribution is -0.163. The Bertz CT molecular complexity index is 716. The molecule has 1 aromatic heterocycles. The van der Waals surface area contributed by atoms with Crippen molar-refractivity contribution in [3.63, 3.8) is 0 Å². The van der Waals surface area contributed by atoms with E-state index in [2.05, 4.69) is 4.98 Å². The Morgan fingerprint density at radius 2 is 2.20 bits per heavy atom. The third-order valence-electron chi connectivity index (χ3n) is 4.35. The second-order valence-corrected chi connectivity index (χ2v) is 6.13. The van der Waals surface area contributed by atoms with Crippen LogP contribution in [0.15, 0.2) is 21.9 Å². The molecule has 2 rings (SSSR count). The van der Waals surface area contributed by atoms with Crippen molar-refractivity contribution < 1.29 is 19.7 Å². The summed E-state index contributed by atoms with van der Waals surface area (Å²) in [6, 6.07) is 0.119. The number of aromatic amines is 1. The van der Waals surface area contributed by atoms with Gasteiger partial charge >= 0.3 is 5.69 Å². The van der Waals surface area contributed by atoms with E-state index in [0.717, 1.165) is 16.8 Å². The largest absolute Gasteiger partial charge is 0.394 e. The molecule has 0 aromatic carbocycles. The Hall–Kier alpha value is -1.85. The van der Waals surface area contributed by atoms with Crippen molar-refractivity contribution in [2.75, 3.05) is 13.2 Å². The van der Waals surface area contributed by atoms with Crippen molar-refractivity contribution in [2.24, 2.45) is 11.5 Å². The van der Waals surface area contributed by atoms with Gasteiger partial charge in [0.15, 0.2) is 0 Å². The van der Waals surface area contributed by atoms with Gasteiger partial charge in [0.25, 0.3) is 5.56 Å². The number of hydrogen-bond donors (Lipinski definition) is 5. The summed E-state index contributed by atoms with van der Waals surface area (Å²) in [5.41, 5.74) is 8.03. The second-order valence-electron chi connectivity index (χ2n) is 6.13. The fourth-order valence-corrected chi connectivity index (χ4v) is 3.01. The molecule has 10 heteroatoms. The molecule has 0 aliphatic carbocycles. The van der Waals surface area contributed by atoms with Crippen LogP contribution >= 0.6 is 0 Å². The molecule has 4 atom stereocenters. The quantitative estimate of drug-likeness (QED) is 0.314. The van der Waals surface area contributed by atoms with E-state index in [1.54, 1.807) is 0 Å². The van der Waals surface area contributed by atoms with Gasteiger partial charge in [-0.1, -0.05) is 6.42 Å². The molecule has 1 aliphatic heterocycles. The van der Waals surface area contributed by atoms with Gasteiger partial charge in [0.1, 0.15) is 6.10 Å². The predicted molar refractivity (Wildman–Crippen MR) is 87.8 cm³/mol. The Labute approximate surface area is 143 Å². The molecule has 0 radical (unpaired) electrons. The summed E-state index contributed by atoms with van der Waals surface area (Å²) in [5, 5.41) is 19.4. The van der Waals surface area contributed by atoms with Crippen LogP contribution in [0.3, 0.4) is 0 Å². The smallest absolute Gasteiger partial charge is 0.331 e. The maximum absolute atomic E-state index is 13.0. The number of aliphatic hydroxyl groups is 2. The first-order valence-corrected chi connectivity index (χ1v) is 8.15. The van der Waals surface area contributed by atoms with Gasteiger partial charge in [0.2, 0.25) is 11.5 Å². The number of hydrogen-bond acceptors (Lipinski definition) is 8. The molecule has 7 N–H and O–H groups in total. The zero-order valence-electron chi connectivity index (χ0n) is 13.8. The first-order valence-electron chi connectivity index (χ1n) is 8.15. The summed E-state index contributed by atoms with van der Waals surface area (Å²) in [4.78, 5) is 38.5. The number of Topliss-reactive ketones (excluding diaryl/α,β-unsaturated/α-hetero) is 1. The number of nitrogens with one attached hydrogen (secondary N) is 1. The molecule has 1 fully saturated rings. The van der Waals surface area contributed by atoms with Crippen LogP contribution in [0, 0.1) is 0 Å². The highest BCUT2D eigenvalue weighted by molar-refractivity contribution is 5.90. The Morgan fingerprint density at radius 3 is 2.76 bits per heavy atom. The molecule has 1 aromatic rings. The summed E-state index contributed by atoms with van der Waals surface area (Å²) in [5.74, 6) is -0.603. The fourth-order valence-electron chi connectivity index (χ4n) is 3.01. The molecule has 0 spiro atoms. The van der Waals surface area contributed by atoms with Gasteiger partial charge in [0, 0.05) is 18.7 Å². The highest BCUT2D eigenvalue weighted by Crippen LogP contribution is 2.36. The van der Waals surface area contributed by atoms with Crippen molar-refractivity contribution in [2.45, 2.75) is 49.7 Å². The SMILES string of the molecule is NCCCC[C@H](N)C(=O)[C@]1(n2ccc(=O)[nH]c2=O)C[C@H](O)[C@@H](CO)O1. The minimum Gasteiger partial charge on any atom is -0.394 e. The van der Waals surface area contributed by atoms with E-state index in [1.807, 2.05) is 0 Å². The number of ether oxygens (including phenoxy) is 1. The van der Waals surface area contributed by atoms with Gasteiger partial charge in [-0.15, -0.1) is 0 Å². The minimum absolute atomic E-state index is 0.256. The van der Waals surface area contributed by atoms with Crippen molar-refractivity contribution in [3.8, 4) is 0 Å². The van der Waals surface area contributed by atoms with E-state index in [9.17, 15) is 24.6 Å². The van der Waals surface area contributed by atoms with Crippen molar-refractivity contribution in [1.29, 1.82) is 0 Å². The average molecular weight is 356 g/mol. The van der Waals surface area contributed by atoms with Gasteiger partial charge in [-0.05, 0) is 19.4 Å². The molecule has 0 unspecified atom stereocenters. The van der Waals surface area contributed by atoms with Crippen LogP contribution in [0.5, 0.6) is 0 Å². The van der Waals surface area contributed by atoms with E-state index in [0.29, 0.717) is 25.8 Å². The van der Waals surface area contributed by atoms with Crippen LogP contribution in [-0.2, 0) is 15.3 Å². The van der Waals surface area contributed by atoms with Crippen molar-refractivity contribution in [1.82, 2.24) is 9.55 Å². The summed E-state index contributed by atoms with van der Waals surface area (Å²) in [6.45, 7) is -0.0655.